The van der Waals surface area contributed by atoms with E-state index in [9.17, 15) is 9.59 Å². The van der Waals surface area contributed by atoms with E-state index in [2.05, 4.69) is 5.32 Å². The molecule has 96 valence electrons. The molecule has 0 aliphatic carbocycles. The molecular formula is C12H20N2O3. The van der Waals surface area contributed by atoms with Crippen LogP contribution in [-0.4, -0.2) is 48.6 Å². The molecule has 17 heavy (non-hydrogen) atoms. The number of piperazine rings is 1. The summed E-state index contributed by atoms with van der Waals surface area (Å²) in [5, 5.41) is 2.76. The summed E-state index contributed by atoms with van der Waals surface area (Å²) in [6, 6.07) is -0.304. The first kappa shape index (κ1) is 12.4. The summed E-state index contributed by atoms with van der Waals surface area (Å²) in [5.41, 5.74) is 0. The highest BCUT2D eigenvalue weighted by Gasteiger charge is 2.38. The third kappa shape index (κ3) is 2.60. The van der Waals surface area contributed by atoms with Gasteiger partial charge >= 0.3 is 0 Å². The highest BCUT2D eigenvalue weighted by molar-refractivity contribution is 5.95. The lowest BCUT2D eigenvalue weighted by atomic mass is 9.98. The van der Waals surface area contributed by atoms with Crippen LogP contribution in [0.3, 0.4) is 0 Å². The molecular weight excluding hydrogens is 220 g/mol. The number of nitrogens with one attached hydrogen (secondary N) is 1. The maximum absolute atomic E-state index is 12.3. The number of carbonyl (C=O) groups excluding carboxylic acids is 2. The quantitative estimate of drug-likeness (QED) is 0.747. The minimum atomic E-state index is -0.377. The second-order valence-electron chi connectivity index (χ2n) is 5.13. The van der Waals surface area contributed by atoms with Crippen LogP contribution in [0.2, 0.25) is 0 Å². The number of amides is 2. The van der Waals surface area contributed by atoms with Gasteiger partial charge in [-0.25, -0.2) is 0 Å². The van der Waals surface area contributed by atoms with Crippen molar-refractivity contribution in [2.45, 2.75) is 38.8 Å². The fraction of sp³-hybridized carbons (Fsp3) is 0.833. The molecule has 0 spiro atoms. The van der Waals surface area contributed by atoms with Gasteiger partial charge in [-0.05, 0) is 18.8 Å². The summed E-state index contributed by atoms with van der Waals surface area (Å²) in [6.07, 6.45) is 1.90. The minimum absolute atomic E-state index is 0.0371. The van der Waals surface area contributed by atoms with Crippen molar-refractivity contribution in [2.24, 2.45) is 5.92 Å². The lowest BCUT2D eigenvalue weighted by Crippen LogP contribution is -2.63. The highest BCUT2D eigenvalue weighted by atomic mass is 16.5. The molecule has 5 nitrogen and oxygen atoms in total. The third-order valence-electron chi connectivity index (χ3n) is 3.42. The topological polar surface area (TPSA) is 58.6 Å². The van der Waals surface area contributed by atoms with Crippen LogP contribution in [0.25, 0.3) is 0 Å². The number of carbonyl (C=O) groups is 2. The van der Waals surface area contributed by atoms with Crippen LogP contribution in [0.1, 0.15) is 26.7 Å². The molecule has 0 radical (unpaired) electrons. The first-order chi connectivity index (χ1) is 8.09. The normalized spacial score (nSPS) is 30.6. The lowest BCUT2D eigenvalue weighted by molar-refractivity contribution is -0.150. The van der Waals surface area contributed by atoms with E-state index >= 15 is 0 Å². The van der Waals surface area contributed by atoms with Crippen molar-refractivity contribution in [1.82, 2.24) is 10.2 Å². The molecule has 0 saturated carbocycles. The Hall–Kier alpha value is -1.10. The van der Waals surface area contributed by atoms with E-state index in [1.807, 2.05) is 13.8 Å². The Bertz CT molecular complexity index is 311. The molecule has 0 aromatic carbocycles. The minimum Gasteiger partial charge on any atom is -0.379 e. The van der Waals surface area contributed by atoms with E-state index in [1.165, 1.54) is 0 Å². The largest absolute Gasteiger partial charge is 0.379 e. The van der Waals surface area contributed by atoms with Crippen LogP contribution in [0, 0.1) is 5.92 Å². The third-order valence-corrected chi connectivity index (χ3v) is 3.42. The summed E-state index contributed by atoms with van der Waals surface area (Å²) in [7, 11) is 0. The van der Waals surface area contributed by atoms with Crippen molar-refractivity contribution < 1.29 is 14.3 Å². The Balaban J connectivity index is 2.09. The molecule has 2 fully saturated rings. The highest BCUT2D eigenvalue weighted by Crippen LogP contribution is 2.18. The molecule has 2 rings (SSSR count). The van der Waals surface area contributed by atoms with Gasteiger partial charge in [-0.15, -0.1) is 0 Å². The Morgan fingerprint density at radius 3 is 2.76 bits per heavy atom. The van der Waals surface area contributed by atoms with Crippen LogP contribution in [0.5, 0.6) is 0 Å². The summed E-state index contributed by atoms with van der Waals surface area (Å²) >= 11 is 0. The van der Waals surface area contributed by atoms with Gasteiger partial charge in [0.25, 0.3) is 0 Å². The van der Waals surface area contributed by atoms with Crippen molar-refractivity contribution >= 4 is 11.8 Å². The molecule has 2 atom stereocenters. The molecule has 2 amide bonds. The zero-order chi connectivity index (χ0) is 12.4. The zero-order valence-corrected chi connectivity index (χ0v) is 10.4. The van der Waals surface area contributed by atoms with Crippen molar-refractivity contribution in [2.75, 3.05) is 19.8 Å². The molecule has 2 heterocycles. The van der Waals surface area contributed by atoms with Gasteiger partial charge in [0.1, 0.15) is 6.04 Å². The Morgan fingerprint density at radius 1 is 1.41 bits per heavy atom. The first-order valence-corrected chi connectivity index (χ1v) is 6.27. The zero-order valence-electron chi connectivity index (χ0n) is 10.4. The average Bonchev–Trinajstić information content (AvgIpc) is 2.32. The van der Waals surface area contributed by atoms with E-state index in [0.29, 0.717) is 6.61 Å². The standard InChI is InChI=1S/C12H20N2O3/c1-8(2)11-12(16)14(6-10(15)13-11)9-4-3-5-17-7-9/h8-9,11H,3-7H2,1-2H3,(H,13,15). The smallest absolute Gasteiger partial charge is 0.246 e. The van der Waals surface area contributed by atoms with Gasteiger partial charge in [-0.1, -0.05) is 13.8 Å². The van der Waals surface area contributed by atoms with Crippen LogP contribution in [0.15, 0.2) is 0 Å². The predicted octanol–water partition coefficient (Wildman–Crippen LogP) is 0.148. The molecule has 0 aromatic rings. The molecule has 0 aromatic heterocycles. The van der Waals surface area contributed by atoms with Gasteiger partial charge in [0.05, 0.1) is 19.2 Å². The van der Waals surface area contributed by atoms with Gasteiger partial charge in [0.15, 0.2) is 0 Å². The van der Waals surface area contributed by atoms with Crippen molar-refractivity contribution in [3.8, 4) is 0 Å². The summed E-state index contributed by atoms with van der Waals surface area (Å²) in [5.74, 6) is 0.0998. The molecule has 2 aliphatic rings. The number of ether oxygens (including phenoxy) is 1. The predicted molar refractivity (Wildman–Crippen MR) is 62.3 cm³/mol. The fourth-order valence-corrected chi connectivity index (χ4v) is 2.42. The molecule has 1 N–H and O–H groups in total. The second-order valence-corrected chi connectivity index (χ2v) is 5.13. The summed E-state index contributed by atoms with van der Waals surface area (Å²) < 4.78 is 5.39. The molecule has 2 saturated heterocycles. The number of rotatable bonds is 2. The fourth-order valence-electron chi connectivity index (χ4n) is 2.42. The van der Waals surface area contributed by atoms with E-state index < -0.39 is 0 Å². The molecule has 2 unspecified atom stereocenters. The second kappa shape index (κ2) is 5.04. The number of hydrogen-bond acceptors (Lipinski definition) is 3. The number of hydrogen-bond donors (Lipinski definition) is 1. The van der Waals surface area contributed by atoms with Gasteiger partial charge < -0.3 is 15.0 Å². The van der Waals surface area contributed by atoms with Crippen molar-refractivity contribution in [3.63, 3.8) is 0 Å². The van der Waals surface area contributed by atoms with Crippen LogP contribution in [0.4, 0.5) is 0 Å². The average molecular weight is 240 g/mol. The van der Waals surface area contributed by atoms with Gasteiger partial charge in [-0.3, -0.25) is 9.59 Å². The number of nitrogens with zero attached hydrogens (tertiary/aromatic N) is 1. The van der Waals surface area contributed by atoms with Crippen LogP contribution >= 0.6 is 0 Å². The Morgan fingerprint density at radius 2 is 2.18 bits per heavy atom. The van der Waals surface area contributed by atoms with E-state index in [1.54, 1.807) is 4.90 Å². The molecule has 5 heteroatoms. The summed E-state index contributed by atoms with van der Waals surface area (Å²) in [6.45, 7) is 5.39. The van der Waals surface area contributed by atoms with Crippen LogP contribution in [-0.2, 0) is 14.3 Å². The maximum atomic E-state index is 12.3. The monoisotopic (exact) mass is 240 g/mol. The van der Waals surface area contributed by atoms with E-state index in [-0.39, 0.29) is 36.4 Å². The van der Waals surface area contributed by atoms with Gasteiger partial charge in [0.2, 0.25) is 11.8 Å². The first-order valence-electron chi connectivity index (χ1n) is 6.27. The molecule has 2 aliphatic heterocycles. The van der Waals surface area contributed by atoms with E-state index in [0.717, 1.165) is 19.4 Å². The summed E-state index contributed by atoms with van der Waals surface area (Å²) in [4.78, 5) is 25.6. The van der Waals surface area contributed by atoms with Crippen molar-refractivity contribution in [3.05, 3.63) is 0 Å². The SMILES string of the molecule is CC(C)C1NC(=O)CN(C2CCCOC2)C1=O. The van der Waals surface area contributed by atoms with Gasteiger partial charge in [-0.2, -0.15) is 0 Å². The molecule has 0 bridgehead atoms. The van der Waals surface area contributed by atoms with Crippen molar-refractivity contribution in [1.29, 1.82) is 0 Å². The van der Waals surface area contributed by atoms with Gasteiger partial charge in [0, 0.05) is 6.61 Å². The van der Waals surface area contributed by atoms with Crippen LogP contribution < -0.4 is 5.32 Å². The lowest BCUT2D eigenvalue weighted by Gasteiger charge is -2.40. The Labute approximate surface area is 101 Å². The Kier molecular flexibility index (Phi) is 3.66. The van der Waals surface area contributed by atoms with E-state index in [4.69, 9.17) is 4.74 Å². The maximum Gasteiger partial charge on any atom is 0.246 e.